The molecule has 0 bridgehead atoms. The number of nitrogens with two attached hydrogens (primary N) is 2. The van der Waals surface area contributed by atoms with Gasteiger partial charge < -0.3 is 20.9 Å². The zero-order chi connectivity index (χ0) is 22.3. The summed E-state index contributed by atoms with van der Waals surface area (Å²) >= 11 is 0. The highest BCUT2D eigenvalue weighted by molar-refractivity contribution is 5.82. The Kier molecular flexibility index (Phi) is 8.09. The molecule has 4 N–H and O–H groups in total. The Morgan fingerprint density at radius 2 is 1.47 bits per heavy atom. The minimum atomic E-state index is -0.748. The van der Waals surface area contributed by atoms with Crippen LogP contribution in [0.5, 0.6) is 11.5 Å². The number of carbonyl (C=O) groups is 2. The SMILES string of the molecule is C=CCc1ccc(OC(=O)C(C)N)c(-c2ccc(OC(=O)C(C)N)c(CC=C)c2)c1. The quantitative estimate of drug-likeness (QED) is 0.375. The van der Waals surface area contributed by atoms with Crippen LogP contribution in [0.3, 0.4) is 0 Å². The van der Waals surface area contributed by atoms with Crippen molar-refractivity contribution in [3.05, 3.63) is 72.8 Å². The molecule has 6 heteroatoms. The summed E-state index contributed by atoms with van der Waals surface area (Å²) in [6.07, 6.45) is 4.66. The highest BCUT2D eigenvalue weighted by Gasteiger charge is 2.17. The summed E-state index contributed by atoms with van der Waals surface area (Å²) in [6.45, 7) is 10.7. The van der Waals surface area contributed by atoms with Crippen LogP contribution in [0.15, 0.2) is 61.7 Å². The van der Waals surface area contributed by atoms with Gasteiger partial charge in [-0.05, 0) is 67.6 Å². The third-order valence-corrected chi connectivity index (χ3v) is 4.32. The van der Waals surface area contributed by atoms with Crippen molar-refractivity contribution in [1.29, 1.82) is 0 Å². The molecular formula is C24H28N2O4. The van der Waals surface area contributed by atoms with E-state index in [2.05, 4.69) is 13.2 Å². The van der Waals surface area contributed by atoms with E-state index in [-0.39, 0.29) is 0 Å². The number of carbonyl (C=O) groups excluding carboxylic acids is 2. The normalized spacial score (nSPS) is 12.5. The topological polar surface area (TPSA) is 105 Å². The van der Waals surface area contributed by atoms with Gasteiger partial charge in [0.1, 0.15) is 23.6 Å². The third-order valence-electron chi connectivity index (χ3n) is 4.32. The average Bonchev–Trinajstić information content (AvgIpc) is 2.70. The van der Waals surface area contributed by atoms with Crippen LogP contribution in [0.25, 0.3) is 11.1 Å². The maximum absolute atomic E-state index is 12.1. The summed E-state index contributed by atoms with van der Waals surface area (Å²) in [7, 11) is 0. The van der Waals surface area contributed by atoms with Crippen molar-refractivity contribution in [2.75, 3.05) is 0 Å². The first-order valence-corrected chi connectivity index (χ1v) is 9.69. The first kappa shape index (κ1) is 23.1. The molecule has 0 aromatic heterocycles. The van der Waals surface area contributed by atoms with Crippen molar-refractivity contribution in [1.82, 2.24) is 0 Å². The molecule has 2 atom stereocenters. The van der Waals surface area contributed by atoms with Crippen LogP contribution in [-0.2, 0) is 22.4 Å². The molecule has 0 spiro atoms. The lowest BCUT2D eigenvalue weighted by molar-refractivity contribution is -0.136. The van der Waals surface area contributed by atoms with E-state index in [9.17, 15) is 9.59 Å². The van der Waals surface area contributed by atoms with Gasteiger partial charge in [0.2, 0.25) is 0 Å². The average molecular weight is 408 g/mol. The van der Waals surface area contributed by atoms with Crippen LogP contribution in [0.4, 0.5) is 0 Å². The fourth-order valence-corrected chi connectivity index (χ4v) is 2.75. The summed E-state index contributed by atoms with van der Waals surface area (Å²) in [5.41, 5.74) is 14.5. The predicted molar refractivity (Wildman–Crippen MR) is 118 cm³/mol. The second-order valence-electron chi connectivity index (χ2n) is 7.06. The zero-order valence-electron chi connectivity index (χ0n) is 17.4. The van der Waals surface area contributed by atoms with E-state index in [0.29, 0.717) is 24.3 Å². The van der Waals surface area contributed by atoms with Gasteiger partial charge >= 0.3 is 11.9 Å². The van der Waals surface area contributed by atoms with Crippen LogP contribution >= 0.6 is 0 Å². The van der Waals surface area contributed by atoms with E-state index in [1.54, 1.807) is 44.2 Å². The Bertz CT molecular complexity index is 948. The van der Waals surface area contributed by atoms with Crippen molar-refractivity contribution >= 4 is 11.9 Å². The summed E-state index contributed by atoms with van der Waals surface area (Å²) in [5, 5.41) is 0. The van der Waals surface area contributed by atoms with Gasteiger partial charge in [-0.1, -0.05) is 24.3 Å². The van der Waals surface area contributed by atoms with Crippen molar-refractivity contribution < 1.29 is 19.1 Å². The lowest BCUT2D eigenvalue weighted by atomic mass is 9.97. The fraction of sp³-hybridized carbons (Fsp3) is 0.250. The molecule has 6 nitrogen and oxygen atoms in total. The Labute approximate surface area is 177 Å². The number of hydrogen-bond donors (Lipinski definition) is 2. The minimum Gasteiger partial charge on any atom is -0.425 e. The van der Waals surface area contributed by atoms with Crippen molar-refractivity contribution in [2.45, 2.75) is 38.8 Å². The molecule has 0 saturated heterocycles. The Hall–Kier alpha value is -3.22. The molecule has 0 radical (unpaired) electrons. The smallest absolute Gasteiger partial charge is 0.328 e. The van der Waals surface area contributed by atoms with E-state index >= 15 is 0 Å². The van der Waals surface area contributed by atoms with Crippen LogP contribution < -0.4 is 20.9 Å². The second kappa shape index (κ2) is 10.5. The van der Waals surface area contributed by atoms with Crippen molar-refractivity contribution in [2.24, 2.45) is 11.5 Å². The molecule has 0 aliphatic heterocycles. The molecule has 30 heavy (non-hydrogen) atoms. The molecular weight excluding hydrogens is 380 g/mol. The van der Waals surface area contributed by atoms with Gasteiger partial charge in [-0.3, -0.25) is 0 Å². The molecule has 2 rings (SSSR count). The van der Waals surface area contributed by atoms with Gasteiger partial charge in [-0.15, -0.1) is 13.2 Å². The van der Waals surface area contributed by atoms with Gasteiger partial charge in [0.25, 0.3) is 0 Å². The standard InChI is InChI=1S/C24H28N2O4/c1-5-7-17-9-11-22(30-24(28)16(4)26)20(13-17)18-10-12-21(19(14-18)8-6-2)29-23(27)15(3)25/h5-6,9-16H,1-2,7-8,25-26H2,3-4H3. The molecule has 2 unspecified atom stereocenters. The van der Waals surface area contributed by atoms with Crippen LogP contribution in [-0.4, -0.2) is 24.0 Å². The summed E-state index contributed by atoms with van der Waals surface area (Å²) in [6, 6.07) is 9.44. The van der Waals surface area contributed by atoms with Gasteiger partial charge in [-0.2, -0.15) is 0 Å². The molecule has 0 saturated carbocycles. The summed E-state index contributed by atoms with van der Waals surface area (Å²) < 4.78 is 10.9. The van der Waals surface area contributed by atoms with E-state index in [1.807, 2.05) is 18.2 Å². The maximum Gasteiger partial charge on any atom is 0.328 e. The molecule has 0 heterocycles. The second-order valence-corrected chi connectivity index (χ2v) is 7.06. The number of ether oxygens (including phenoxy) is 2. The number of hydrogen-bond acceptors (Lipinski definition) is 6. The Morgan fingerprint density at radius 3 is 2.03 bits per heavy atom. The first-order chi connectivity index (χ1) is 14.3. The van der Waals surface area contributed by atoms with E-state index in [1.165, 1.54) is 0 Å². The summed E-state index contributed by atoms with van der Waals surface area (Å²) in [5.74, 6) is -0.235. The maximum atomic E-state index is 12.1. The van der Waals surface area contributed by atoms with Gasteiger partial charge in [0, 0.05) is 5.56 Å². The number of esters is 2. The van der Waals surface area contributed by atoms with E-state index in [0.717, 1.165) is 22.3 Å². The Morgan fingerprint density at radius 1 is 0.900 bits per heavy atom. The summed E-state index contributed by atoms with van der Waals surface area (Å²) in [4.78, 5) is 24.0. The molecule has 2 aromatic rings. The number of rotatable bonds is 9. The zero-order valence-corrected chi connectivity index (χ0v) is 17.4. The van der Waals surface area contributed by atoms with Gasteiger partial charge in [-0.25, -0.2) is 9.59 Å². The lowest BCUT2D eigenvalue weighted by Crippen LogP contribution is -2.31. The van der Waals surface area contributed by atoms with Gasteiger partial charge in [0.05, 0.1) is 0 Å². The highest BCUT2D eigenvalue weighted by atomic mass is 16.5. The fourth-order valence-electron chi connectivity index (χ4n) is 2.75. The molecule has 0 amide bonds. The van der Waals surface area contributed by atoms with E-state index in [4.69, 9.17) is 20.9 Å². The Balaban J connectivity index is 2.54. The largest absolute Gasteiger partial charge is 0.425 e. The molecule has 0 aliphatic carbocycles. The van der Waals surface area contributed by atoms with Crippen LogP contribution in [0.1, 0.15) is 25.0 Å². The predicted octanol–water partition coefficient (Wildman–Crippen LogP) is 3.32. The highest BCUT2D eigenvalue weighted by Crippen LogP contribution is 2.35. The molecule has 2 aromatic carbocycles. The number of allylic oxidation sites excluding steroid dienone is 2. The lowest BCUT2D eigenvalue weighted by Gasteiger charge is -2.16. The van der Waals surface area contributed by atoms with Crippen LogP contribution in [0, 0.1) is 0 Å². The molecule has 158 valence electrons. The number of benzene rings is 2. The third kappa shape index (κ3) is 5.89. The molecule has 0 aliphatic rings. The van der Waals surface area contributed by atoms with Crippen molar-refractivity contribution in [3.8, 4) is 22.6 Å². The van der Waals surface area contributed by atoms with Crippen molar-refractivity contribution in [3.63, 3.8) is 0 Å². The van der Waals surface area contributed by atoms with Gasteiger partial charge in [0.15, 0.2) is 0 Å². The first-order valence-electron chi connectivity index (χ1n) is 9.69. The minimum absolute atomic E-state index is 0.398. The monoisotopic (exact) mass is 408 g/mol. The molecule has 0 fully saturated rings. The van der Waals surface area contributed by atoms with E-state index < -0.39 is 24.0 Å². The van der Waals surface area contributed by atoms with Crippen LogP contribution in [0.2, 0.25) is 0 Å².